The van der Waals surface area contributed by atoms with Gasteiger partial charge in [0, 0.05) is 25.3 Å². The van der Waals surface area contributed by atoms with Crippen LogP contribution in [-0.2, 0) is 17.6 Å². The summed E-state index contributed by atoms with van der Waals surface area (Å²) in [6.07, 6.45) is 1.11. The summed E-state index contributed by atoms with van der Waals surface area (Å²) in [6.45, 7) is 0.555. The van der Waals surface area contributed by atoms with E-state index in [0.29, 0.717) is 36.7 Å². The van der Waals surface area contributed by atoms with Crippen LogP contribution in [0.5, 0.6) is 0 Å². The number of aliphatic imine (C=N–C) groups is 1. The van der Waals surface area contributed by atoms with Gasteiger partial charge in [0.05, 0.1) is 5.69 Å². The summed E-state index contributed by atoms with van der Waals surface area (Å²) in [5.74, 6) is 0.745. The van der Waals surface area contributed by atoms with Crippen LogP contribution in [0.1, 0.15) is 23.1 Å². The van der Waals surface area contributed by atoms with E-state index in [2.05, 4.69) is 15.5 Å². The highest BCUT2D eigenvalue weighted by Gasteiger charge is 2.30. The highest BCUT2D eigenvalue weighted by molar-refractivity contribution is 5.78. The number of hydrogen-bond acceptors (Lipinski definition) is 6. The van der Waals surface area contributed by atoms with Gasteiger partial charge >= 0.3 is 0 Å². The van der Waals surface area contributed by atoms with Crippen molar-refractivity contribution < 1.29 is 13.7 Å². The van der Waals surface area contributed by atoms with E-state index in [0.717, 1.165) is 16.8 Å². The second-order valence-electron chi connectivity index (χ2n) is 7.02. The number of hydrogen-bond donors (Lipinski definition) is 2. The minimum Gasteiger partial charge on any atom is -0.377 e. The number of ether oxygens (including phenoxy) is 1. The quantitative estimate of drug-likeness (QED) is 0.670. The number of methoxy groups -OCH3 is 1. The molecule has 1 aromatic heterocycles. The maximum atomic E-state index is 14.5. The predicted molar refractivity (Wildman–Crippen MR) is 109 cm³/mol. The molecule has 0 saturated carbocycles. The van der Waals surface area contributed by atoms with Crippen molar-refractivity contribution in [2.45, 2.75) is 25.0 Å². The molecular weight excluding hydrogens is 371 g/mol. The van der Waals surface area contributed by atoms with E-state index >= 15 is 0 Å². The minimum absolute atomic E-state index is 0.178. The minimum atomic E-state index is -0.329. The van der Waals surface area contributed by atoms with Gasteiger partial charge < -0.3 is 20.3 Å². The summed E-state index contributed by atoms with van der Waals surface area (Å²) in [6, 6.07) is 16.4. The van der Waals surface area contributed by atoms with E-state index in [1.807, 2.05) is 48.5 Å². The maximum Gasteiger partial charge on any atom is 0.189 e. The summed E-state index contributed by atoms with van der Waals surface area (Å²) in [7, 11) is 1.63. The lowest BCUT2D eigenvalue weighted by Crippen LogP contribution is -2.45. The third kappa shape index (κ3) is 4.30. The Kier molecular flexibility index (Phi) is 5.57. The normalized spacial score (nSPS) is 18.9. The molecule has 6 nitrogen and oxygen atoms in total. The molecule has 2 atom stereocenters. The van der Waals surface area contributed by atoms with Gasteiger partial charge in [-0.25, -0.2) is 9.38 Å². The lowest BCUT2D eigenvalue weighted by atomic mass is 10.0. The SMILES string of the molecule is COC1CNC(N)=NC1c1cc(CCc2ccc(-c3ccccc3)c(F)c2)no1. The second-order valence-corrected chi connectivity index (χ2v) is 7.02. The Bertz CT molecular complexity index is 1000. The van der Waals surface area contributed by atoms with E-state index < -0.39 is 0 Å². The molecule has 150 valence electrons. The number of nitrogens with zero attached hydrogens (tertiary/aromatic N) is 2. The van der Waals surface area contributed by atoms with Crippen molar-refractivity contribution in [2.24, 2.45) is 10.7 Å². The Labute approximate surface area is 168 Å². The van der Waals surface area contributed by atoms with Gasteiger partial charge in [-0.3, -0.25) is 0 Å². The highest BCUT2D eigenvalue weighted by atomic mass is 19.1. The fourth-order valence-electron chi connectivity index (χ4n) is 3.48. The first-order valence-corrected chi connectivity index (χ1v) is 9.53. The molecule has 0 bridgehead atoms. The molecule has 3 aromatic rings. The standard InChI is InChI=1S/C22H23FN4O2/c1-28-20-13-25-22(24)26-21(20)19-12-16(27-29-19)9-7-14-8-10-17(18(23)11-14)15-5-3-2-4-6-15/h2-6,8,10-12,20-21H,7,9,13H2,1H3,(H3,24,25,26). The smallest absolute Gasteiger partial charge is 0.189 e. The summed E-state index contributed by atoms with van der Waals surface area (Å²) in [5, 5.41) is 7.10. The van der Waals surface area contributed by atoms with Crippen molar-refractivity contribution in [1.82, 2.24) is 10.5 Å². The van der Waals surface area contributed by atoms with Gasteiger partial charge in [-0.15, -0.1) is 0 Å². The first-order chi connectivity index (χ1) is 14.1. The van der Waals surface area contributed by atoms with E-state index in [1.54, 1.807) is 13.2 Å². The first-order valence-electron chi connectivity index (χ1n) is 9.53. The number of nitrogens with two attached hydrogens (primary N) is 1. The third-order valence-corrected chi connectivity index (χ3v) is 5.07. The van der Waals surface area contributed by atoms with Crippen molar-refractivity contribution >= 4 is 5.96 Å². The number of halogens is 1. The Morgan fingerprint density at radius 2 is 2.00 bits per heavy atom. The van der Waals surface area contributed by atoms with Crippen molar-refractivity contribution in [1.29, 1.82) is 0 Å². The number of guanidine groups is 1. The Morgan fingerprint density at radius 3 is 2.76 bits per heavy atom. The summed E-state index contributed by atoms with van der Waals surface area (Å²) in [5.41, 5.74) is 8.94. The number of aromatic nitrogens is 1. The molecule has 29 heavy (non-hydrogen) atoms. The van der Waals surface area contributed by atoms with Crippen LogP contribution in [0.3, 0.4) is 0 Å². The number of benzene rings is 2. The van der Waals surface area contributed by atoms with Crippen LogP contribution in [0.25, 0.3) is 11.1 Å². The largest absolute Gasteiger partial charge is 0.377 e. The Hall–Kier alpha value is -3.19. The van der Waals surface area contributed by atoms with Crippen LogP contribution in [-0.4, -0.2) is 30.9 Å². The summed E-state index contributed by atoms with van der Waals surface area (Å²) in [4.78, 5) is 4.36. The highest BCUT2D eigenvalue weighted by Crippen LogP contribution is 2.27. The molecule has 1 aliphatic heterocycles. The Morgan fingerprint density at radius 1 is 1.17 bits per heavy atom. The fraction of sp³-hybridized carbons (Fsp3) is 0.273. The third-order valence-electron chi connectivity index (χ3n) is 5.07. The van der Waals surface area contributed by atoms with Gasteiger partial charge in [-0.2, -0.15) is 0 Å². The molecule has 0 radical (unpaired) electrons. The molecule has 3 N–H and O–H groups in total. The van der Waals surface area contributed by atoms with E-state index in [4.69, 9.17) is 15.0 Å². The van der Waals surface area contributed by atoms with Gasteiger partial charge in [0.1, 0.15) is 18.0 Å². The van der Waals surface area contributed by atoms with Crippen molar-refractivity contribution in [3.8, 4) is 11.1 Å². The van der Waals surface area contributed by atoms with Crippen molar-refractivity contribution in [2.75, 3.05) is 13.7 Å². The molecule has 0 spiro atoms. The lowest BCUT2D eigenvalue weighted by molar-refractivity contribution is 0.0710. The number of rotatable bonds is 6. The van der Waals surface area contributed by atoms with Gasteiger partial charge in [0.25, 0.3) is 0 Å². The molecule has 2 heterocycles. The van der Waals surface area contributed by atoms with Gasteiger partial charge in [0.2, 0.25) is 0 Å². The monoisotopic (exact) mass is 394 g/mol. The molecule has 1 aliphatic rings. The predicted octanol–water partition coefficient (Wildman–Crippen LogP) is 3.24. The van der Waals surface area contributed by atoms with Crippen LogP contribution in [0.15, 0.2) is 64.1 Å². The zero-order valence-electron chi connectivity index (χ0n) is 16.1. The molecule has 4 rings (SSSR count). The maximum absolute atomic E-state index is 14.5. The van der Waals surface area contributed by atoms with E-state index in [1.165, 1.54) is 0 Å². The average molecular weight is 394 g/mol. The van der Waals surface area contributed by atoms with Gasteiger partial charge in [-0.1, -0.05) is 47.6 Å². The topological polar surface area (TPSA) is 85.7 Å². The van der Waals surface area contributed by atoms with Crippen LogP contribution >= 0.6 is 0 Å². The average Bonchev–Trinajstić information content (AvgIpc) is 3.22. The molecule has 0 amide bonds. The Balaban J connectivity index is 1.44. The fourth-order valence-corrected chi connectivity index (χ4v) is 3.48. The van der Waals surface area contributed by atoms with Gasteiger partial charge in [-0.05, 0) is 30.0 Å². The zero-order chi connectivity index (χ0) is 20.2. The first kappa shape index (κ1) is 19.1. The number of aryl methyl sites for hydroxylation is 2. The lowest BCUT2D eigenvalue weighted by Gasteiger charge is -2.26. The van der Waals surface area contributed by atoms with Crippen LogP contribution < -0.4 is 11.1 Å². The molecular formula is C22H23FN4O2. The van der Waals surface area contributed by atoms with Crippen molar-refractivity contribution in [3.63, 3.8) is 0 Å². The van der Waals surface area contributed by atoms with Crippen molar-refractivity contribution in [3.05, 3.63) is 77.4 Å². The summed E-state index contributed by atoms with van der Waals surface area (Å²) < 4.78 is 25.5. The second kappa shape index (κ2) is 8.45. The molecule has 0 aliphatic carbocycles. The molecule has 0 fully saturated rings. The van der Waals surface area contributed by atoms with Gasteiger partial charge in [0.15, 0.2) is 11.7 Å². The van der Waals surface area contributed by atoms with Crippen LogP contribution in [0.4, 0.5) is 4.39 Å². The molecule has 0 saturated heterocycles. The summed E-state index contributed by atoms with van der Waals surface area (Å²) >= 11 is 0. The van der Waals surface area contributed by atoms with E-state index in [-0.39, 0.29) is 18.0 Å². The number of nitrogens with one attached hydrogen (secondary N) is 1. The van der Waals surface area contributed by atoms with E-state index in [9.17, 15) is 4.39 Å². The van der Waals surface area contributed by atoms with Crippen LogP contribution in [0.2, 0.25) is 0 Å². The molecule has 2 aromatic carbocycles. The molecule has 2 unspecified atom stereocenters. The molecule has 7 heteroatoms. The zero-order valence-corrected chi connectivity index (χ0v) is 16.1. The van der Waals surface area contributed by atoms with Crippen LogP contribution in [0, 0.1) is 5.82 Å².